The number of thiazole rings is 1. The fraction of sp³-hybridized carbons (Fsp3) is 0.500. The Kier molecular flexibility index (Phi) is 5.50. The van der Waals surface area contributed by atoms with Gasteiger partial charge in [-0.3, -0.25) is 4.79 Å². The predicted molar refractivity (Wildman–Crippen MR) is 87.7 cm³/mol. The Bertz CT molecular complexity index is 610. The van der Waals surface area contributed by atoms with E-state index in [0.717, 1.165) is 16.6 Å². The van der Waals surface area contributed by atoms with E-state index in [-0.39, 0.29) is 0 Å². The number of hydrogen-bond donors (Lipinski definition) is 2. The molecule has 3 unspecified atom stereocenters. The molecule has 1 heterocycles. The fourth-order valence-electron chi connectivity index (χ4n) is 2.20. The van der Waals surface area contributed by atoms with Crippen molar-refractivity contribution in [3.8, 4) is 0 Å². The second kappa shape index (κ2) is 7.17. The minimum absolute atomic E-state index is 0.348. The molecule has 0 fully saturated rings. The van der Waals surface area contributed by atoms with Crippen LogP contribution in [0.15, 0.2) is 24.3 Å². The normalized spacial score (nSPS) is 15.5. The molecule has 6 heteroatoms. The topological polar surface area (TPSA) is 73.7 Å². The Labute approximate surface area is 134 Å². The Balaban J connectivity index is 2.10. The zero-order valence-corrected chi connectivity index (χ0v) is 13.9. The molecule has 5 nitrogen and oxygen atoms in total. The largest absolute Gasteiger partial charge is 0.383 e. The maximum absolute atomic E-state index is 12.2. The van der Waals surface area contributed by atoms with Gasteiger partial charge in [-0.2, -0.15) is 0 Å². The molecule has 0 bridgehead atoms. The van der Waals surface area contributed by atoms with E-state index in [1.165, 1.54) is 16.2 Å². The number of para-hydroxylation sites is 1. The van der Waals surface area contributed by atoms with Crippen LogP contribution in [0.25, 0.3) is 10.2 Å². The van der Waals surface area contributed by atoms with E-state index in [4.69, 9.17) is 0 Å². The smallest absolute Gasteiger partial charge is 0.254 e. The van der Waals surface area contributed by atoms with Gasteiger partial charge in [0.2, 0.25) is 0 Å². The van der Waals surface area contributed by atoms with Crippen LogP contribution >= 0.6 is 11.3 Å². The molecular formula is C16H22N2O3S. The minimum Gasteiger partial charge on any atom is -0.383 e. The van der Waals surface area contributed by atoms with Crippen LogP contribution in [0.3, 0.4) is 0 Å². The molecule has 1 aromatic carbocycles. The molecule has 0 radical (unpaired) electrons. The number of carbonyl (C=O) groups is 1. The summed E-state index contributed by atoms with van der Waals surface area (Å²) in [5, 5.41) is 20.8. The Morgan fingerprint density at radius 2 is 2.05 bits per heavy atom. The monoisotopic (exact) mass is 322 g/mol. The van der Waals surface area contributed by atoms with E-state index in [9.17, 15) is 15.0 Å². The van der Waals surface area contributed by atoms with Crippen LogP contribution in [0.4, 0.5) is 0 Å². The first kappa shape index (κ1) is 16.9. The predicted octanol–water partition coefficient (Wildman–Crippen LogP) is 2.20. The van der Waals surface area contributed by atoms with Crippen molar-refractivity contribution < 1.29 is 15.0 Å². The number of amides is 1. The number of nitrogens with zero attached hydrogens (tertiary/aromatic N) is 2. The molecule has 2 aromatic rings. The van der Waals surface area contributed by atoms with Gasteiger partial charge in [0, 0.05) is 13.6 Å². The van der Waals surface area contributed by atoms with Crippen LogP contribution < -0.4 is 0 Å². The average molecular weight is 322 g/mol. The van der Waals surface area contributed by atoms with Gasteiger partial charge in [0.05, 0.1) is 10.2 Å². The maximum Gasteiger partial charge on any atom is 0.254 e. The number of aromatic nitrogens is 1. The standard InChI is InChI=1S/C16H22N2O3S/c1-4-10(2)9-18(3)16(21)14(20)13(19)15-17-11-7-5-6-8-12(11)22-15/h5-8,10,13-14,19-20H,4,9H2,1-3H3. The average Bonchev–Trinajstić information content (AvgIpc) is 2.96. The van der Waals surface area contributed by atoms with E-state index in [1.54, 1.807) is 7.05 Å². The maximum atomic E-state index is 12.2. The molecule has 0 aliphatic heterocycles. The van der Waals surface area contributed by atoms with Crippen LogP contribution in [0, 0.1) is 5.92 Å². The molecule has 0 saturated heterocycles. The lowest BCUT2D eigenvalue weighted by atomic mass is 10.1. The van der Waals surface area contributed by atoms with Crippen molar-refractivity contribution in [1.29, 1.82) is 0 Å². The van der Waals surface area contributed by atoms with Crippen molar-refractivity contribution in [3.05, 3.63) is 29.3 Å². The molecule has 22 heavy (non-hydrogen) atoms. The summed E-state index contributed by atoms with van der Waals surface area (Å²) in [6.45, 7) is 4.65. The van der Waals surface area contributed by atoms with Crippen molar-refractivity contribution in [2.45, 2.75) is 32.5 Å². The number of aliphatic hydroxyl groups is 2. The third-order valence-electron chi connectivity index (χ3n) is 3.77. The highest BCUT2D eigenvalue weighted by Gasteiger charge is 2.30. The lowest BCUT2D eigenvalue weighted by Gasteiger charge is -2.25. The van der Waals surface area contributed by atoms with Crippen molar-refractivity contribution in [2.24, 2.45) is 5.92 Å². The molecule has 2 rings (SSSR count). The zero-order chi connectivity index (χ0) is 16.3. The summed E-state index contributed by atoms with van der Waals surface area (Å²) in [6.07, 6.45) is -1.84. The lowest BCUT2D eigenvalue weighted by molar-refractivity contribution is -0.145. The van der Waals surface area contributed by atoms with Gasteiger partial charge in [-0.15, -0.1) is 11.3 Å². The number of aliphatic hydroxyl groups excluding tert-OH is 2. The molecule has 3 atom stereocenters. The van der Waals surface area contributed by atoms with E-state index in [1.807, 2.05) is 31.2 Å². The van der Waals surface area contributed by atoms with Crippen LogP contribution in [0.2, 0.25) is 0 Å². The van der Waals surface area contributed by atoms with E-state index in [2.05, 4.69) is 11.9 Å². The second-order valence-corrected chi connectivity index (χ2v) is 6.70. The van der Waals surface area contributed by atoms with Crippen molar-refractivity contribution in [1.82, 2.24) is 9.88 Å². The summed E-state index contributed by atoms with van der Waals surface area (Å²) in [5.74, 6) is -0.132. The van der Waals surface area contributed by atoms with Crippen molar-refractivity contribution >= 4 is 27.5 Å². The Hall–Kier alpha value is -1.50. The minimum atomic E-state index is -1.49. The Morgan fingerprint density at radius 3 is 2.68 bits per heavy atom. The van der Waals surface area contributed by atoms with Crippen molar-refractivity contribution in [3.63, 3.8) is 0 Å². The van der Waals surface area contributed by atoms with E-state index < -0.39 is 18.1 Å². The van der Waals surface area contributed by atoms with Gasteiger partial charge < -0.3 is 15.1 Å². The Morgan fingerprint density at radius 1 is 1.36 bits per heavy atom. The lowest BCUT2D eigenvalue weighted by Crippen LogP contribution is -2.41. The number of fused-ring (bicyclic) bond motifs is 1. The number of benzene rings is 1. The first-order valence-electron chi connectivity index (χ1n) is 7.40. The number of carbonyl (C=O) groups excluding carboxylic acids is 1. The van der Waals surface area contributed by atoms with Gasteiger partial charge in [0.15, 0.2) is 6.10 Å². The molecule has 1 aromatic heterocycles. The first-order valence-corrected chi connectivity index (χ1v) is 8.22. The molecule has 120 valence electrons. The van der Waals surface area contributed by atoms with Crippen LogP contribution in [0.1, 0.15) is 31.4 Å². The van der Waals surface area contributed by atoms with Gasteiger partial charge in [-0.1, -0.05) is 32.4 Å². The molecule has 2 N–H and O–H groups in total. The van der Waals surface area contributed by atoms with Crippen LogP contribution in [0.5, 0.6) is 0 Å². The highest BCUT2D eigenvalue weighted by atomic mass is 32.1. The number of rotatable bonds is 6. The van der Waals surface area contributed by atoms with Gasteiger partial charge in [-0.05, 0) is 18.1 Å². The SMILES string of the molecule is CCC(C)CN(C)C(=O)C(O)C(O)c1nc2ccccc2s1. The highest BCUT2D eigenvalue weighted by Crippen LogP contribution is 2.28. The highest BCUT2D eigenvalue weighted by molar-refractivity contribution is 7.18. The molecule has 1 amide bonds. The molecule has 0 spiro atoms. The quantitative estimate of drug-likeness (QED) is 0.855. The summed E-state index contributed by atoms with van der Waals surface area (Å²) in [7, 11) is 1.64. The summed E-state index contributed by atoms with van der Waals surface area (Å²) < 4.78 is 0.921. The van der Waals surface area contributed by atoms with Crippen molar-refractivity contribution in [2.75, 3.05) is 13.6 Å². The molecule has 0 aliphatic rings. The summed E-state index contributed by atoms with van der Waals surface area (Å²) in [6, 6.07) is 7.48. The summed E-state index contributed by atoms with van der Waals surface area (Å²) >= 11 is 1.29. The third-order valence-corrected chi connectivity index (χ3v) is 4.88. The van der Waals surface area contributed by atoms with Gasteiger partial charge in [-0.25, -0.2) is 4.98 Å². The second-order valence-electron chi connectivity index (χ2n) is 5.64. The number of likely N-dealkylation sites (N-methyl/N-ethyl adjacent to an activating group) is 1. The molecule has 0 aliphatic carbocycles. The van der Waals surface area contributed by atoms with Gasteiger partial charge in [0.1, 0.15) is 11.1 Å². The van der Waals surface area contributed by atoms with E-state index in [0.29, 0.717) is 17.5 Å². The summed E-state index contributed by atoms with van der Waals surface area (Å²) in [5.41, 5.74) is 0.758. The van der Waals surface area contributed by atoms with Crippen LogP contribution in [-0.4, -0.2) is 45.7 Å². The molecule has 0 saturated carbocycles. The van der Waals surface area contributed by atoms with Gasteiger partial charge in [0.25, 0.3) is 5.91 Å². The van der Waals surface area contributed by atoms with Gasteiger partial charge >= 0.3 is 0 Å². The first-order chi connectivity index (χ1) is 10.4. The third kappa shape index (κ3) is 3.63. The van der Waals surface area contributed by atoms with Crippen LogP contribution in [-0.2, 0) is 4.79 Å². The summed E-state index contributed by atoms with van der Waals surface area (Å²) in [4.78, 5) is 18.0. The zero-order valence-electron chi connectivity index (χ0n) is 13.1. The molecular weight excluding hydrogens is 300 g/mol. The fourth-order valence-corrected chi connectivity index (χ4v) is 3.18. The number of hydrogen-bond acceptors (Lipinski definition) is 5. The van der Waals surface area contributed by atoms with E-state index >= 15 is 0 Å².